The Morgan fingerprint density at radius 1 is 1.20 bits per heavy atom. The first-order chi connectivity index (χ1) is 12.0. The summed E-state index contributed by atoms with van der Waals surface area (Å²) in [6.07, 6.45) is 1.67. The minimum Gasteiger partial charge on any atom is -0.358 e. The summed E-state index contributed by atoms with van der Waals surface area (Å²) >= 11 is 0. The second-order valence-corrected chi connectivity index (χ2v) is 6.88. The van der Waals surface area contributed by atoms with E-state index in [1.807, 2.05) is 37.3 Å². The molecule has 1 aliphatic rings. The van der Waals surface area contributed by atoms with Crippen LogP contribution < -0.4 is 0 Å². The van der Waals surface area contributed by atoms with Crippen LogP contribution >= 0.6 is 0 Å². The number of hydrogen-bond acceptors (Lipinski definition) is 2. The van der Waals surface area contributed by atoms with Gasteiger partial charge in [-0.2, -0.15) is 0 Å². The molecule has 2 aromatic carbocycles. The largest absolute Gasteiger partial charge is 0.358 e. The highest BCUT2D eigenvalue weighted by Gasteiger charge is 2.44. The first kappa shape index (κ1) is 17.6. The monoisotopic (exact) mass is 338 g/mol. The second-order valence-electron chi connectivity index (χ2n) is 6.88. The smallest absolute Gasteiger partial charge is 0.187 e. The molecule has 3 rings (SSSR count). The van der Waals surface area contributed by atoms with E-state index in [0.717, 1.165) is 36.1 Å². The summed E-state index contributed by atoms with van der Waals surface area (Å²) in [7, 11) is 4.11. The van der Waals surface area contributed by atoms with Crippen molar-refractivity contribution in [2.75, 3.05) is 20.6 Å². The lowest BCUT2D eigenvalue weighted by atomic mass is 9.81. The molecule has 1 heterocycles. The summed E-state index contributed by atoms with van der Waals surface area (Å²) in [5.41, 5.74) is 3.16. The quantitative estimate of drug-likeness (QED) is 0.709. The average Bonchev–Trinajstić information content (AvgIpc) is 2.88. The van der Waals surface area contributed by atoms with Crippen LogP contribution in [0.2, 0.25) is 0 Å². The Bertz CT molecular complexity index is 795. The second kappa shape index (κ2) is 6.95. The van der Waals surface area contributed by atoms with E-state index in [-0.39, 0.29) is 11.9 Å². The number of nitrogens with zero attached hydrogens (tertiary/aromatic N) is 2. The number of ether oxygens (including phenoxy) is 1. The van der Waals surface area contributed by atoms with Gasteiger partial charge in [-0.25, -0.2) is 9.24 Å². The Balaban J connectivity index is 2.07. The van der Waals surface area contributed by atoms with Crippen molar-refractivity contribution >= 4 is 5.69 Å². The maximum absolute atomic E-state index is 13.4. The Morgan fingerprint density at radius 3 is 2.56 bits per heavy atom. The molecule has 4 heteroatoms. The molecule has 0 aliphatic carbocycles. The maximum atomic E-state index is 13.4. The van der Waals surface area contributed by atoms with E-state index < -0.39 is 5.60 Å². The van der Waals surface area contributed by atoms with Crippen molar-refractivity contribution in [3.8, 4) is 0 Å². The standard InChI is InChI=1S/C21H23FN2O/c1-15-19-14-18(23-2)10-11-20(19)21(25-15,12-5-13-24(3)4)16-6-8-17(22)9-7-16/h6-11,14-15H,5,12-13H2,1,3-4H3. The zero-order valence-electron chi connectivity index (χ0n) is 14.9. The van der Waals surface area contributed by atoms with E-state index in [1.165, 1.54) is 12.1 Å². The molecule has 0 N–H and O–H groups in total. The summed E-state index contributed by atoms with van der Waals surface area (Å²) in [5, 5.41) is 0. The van der Waals surface area contributed by atoms with Gasteiger partial charge in [0.25, 0.3) is 0 Å². The minimum atomic E-state index is -0.584. The van der Waals surface area contributed by atoms with Crippen LogP contribution in [0.1, 0.15) is 42.6 Å². The molecule has 0 saturated carbocycles. The van der Waals surface area contributed by atoms with E-state index in [9.17, 15) is 4.39 Å². The SMILES string of the molecule is [C-]#[N+]c1ccc2c(c1)C(C)OC2(CCCN(C)C)c1ccc(F)cc1. The average molecular weight is 338 g/mol. The first-order valence-electron chi connectivity index (χ1n) is 8.57. The first-order valence-corrected chi connectivity index (χ1v) is 8.57. The third-order valence-corrected chi connectivity index (χ3v) is 4.86. The molecular formula is C21H23FN2O. The van der Waals surface area contributed by atoms with Crippen LogP contribution in [0.5, 0.6) is 0 Å². The molecule has 3 nitrogen and oxygen atoms in total. The fourth-order valence-electron chi connectivity index (χ4n) is 3.68. The minimum absolute atomic E-state index is 0.0962. The van der Waals surface area contributed by atoms with Crippen LogP contribution in [0.25, 0.3) is 4.85 Å². The van der Waals surface area contributed by atoms with Crippen LogP contribution in [0.3, 0.4) is 0 Å². The van der Waals surface area contributed by atoms with Crippen LogP contribution in [-0.2, 0) is 10.3 Å². The summed E-state index contributed by atoms with van der Waals surface area (Å²) < 4.78 is 19.9. The number of benzene rings is 2. The van der Waals surface area contributed by atoms with E-state index in [1.54, 1.807) is 0 Å². The Labute approximate surface area is 148 Å². The van der Waals surface area contributed by atoms with E-state index in [2.05, 4.69) is 23.8 Å². The fourth-order valence-corrected chi connectivity index (χ4v) is 3.68. The van der Waals surface area contributed by atoms with Gasteiger partial charge in [-0.05, 0) is 69.2 Å². The van der Waals surface area contributed by atoms with Crippen molar-refractivity contribution in [3.63, 3.8) is 0 Å². The molecule has 0 bridgehead atoms. The lowest BCUT2D eigenvalue weighted by Crippen LogP contribution is -2.29. The van der Waals surface area contributed by atoms with Crippen molar-refractivity contribution in [3.05, 3.63) is 76.4 Å². The number of fused-ring (bicyclic) bond motifs is 1. The lowest BCUT2D eigenvalue weighted by Gasteiger charge is -2.32. The van der Waals surface area contributed by atoms with Crippen molar-refractivity contribution in [1.82, 2.24) is 4.90 Å². The van der Waals surface area contributed by atoms with Gasteiger partial charge in [-0.1, -0.05) is 30.3 Å². The van der Waals surface area contributed by atoms with Gasteiger partial charge in [0.15, 0.2) is 5.69 Å². The highest BCUT2D eigenvalue weighted by molar-refractivity contribution is 5.55. The Morgan fingerprint density at radius 2 is 1.92 bits per heavy atom. The molecule has 0 radical (unpaired) electrons. The molecule has 0 saturated heterocycles. The highest BCUT2D eigenvalue weighted by Crippen LogP contribution is 2.50. The van der Waals surface area contributed by atoms with Gasteiger partial charge in [0.2, 0.25) is 0 Å². The highest BCUT2D eigenvalue weighted by atomic mass is 19.1. The number of hydrogen-bond donors (Lipinski definition) is 0. The Kier molecular flexibility index (Phi) is 4.89. The molecule has 2 unspecified atom stereocenters. The van der Waals surface area contributed by atoms with Crippen molar-refractivity contribution < 1.29 is 9.13 Å². The van der Waals surface area contributed by atoms with Crippen LogP contribution in [-0.4, -0.2) is 25.5 Å². The zero-order chi connectivity index (χ0) is 18.0. The molecule has 2 atom stereocenters. The van der Waals surface area contributed by atoms with Crippen molar-refractivity contribution in [1.29, 1.82) is 0 Å². The van der Waals surface area contributed by atoms with E-state index in [0.29, 0.717) is 5.69 Å². The number of halogens is 1. The van der Waals surface area contributed by atoms with Gasteiger partial charge >= 0.3 is 0 Å². The van der Waals surface area contributed by atoms with Crippen molar-refractivity contribution in [2.45, 2.75) is 31.5 Å². The maximum Gasteiger partial charge on any atom is 0.187 e. The van der Waals surface area contributed by atoms with Gasteiger partial charge in [0.05, 0.1) is 12.7 Å². The molecule has 2 aromatic rings. The van der Waals surface area contributed by atoms with Crippen LogP contribution in [0.15, 0.2) is 42.5 Å². The van der Waals surface area contributed by atoms with Crippen LogP contribution in [0.4, 0.5) is 10.1 Å². The van der Waals surface area contributed by atoms with E-state index >= 15 is 0 Å². The molecular weight excluding hydrogens is 315 g/mol. The third kappa shape index (κ3) is 3.30. The predicted molar refractivity (Wildman–Crippen MR) is 97.2 cm³/mol. The molecule has 130 valence electrons. The Hall–Kier alpha value is -2.22. The van der Waals surface area contributed by atoms with Gasteiger partial charge in [-0.15, -0.1) is 0 Å². The third-order valence-electron chi connectivity index (χ3n) is 4.86. The van der Waals surface area contributed by atoms with Gasteiger partial charge < -0.3 is 9.64 Å². The topological polar surface area (TPSA) is 16.8 Å². The zero-order valence-corrected chi connectivity index (χ0v) is 14.9. The van der Waals surface area contributed by atoms with Crippen molar-refractivity contribution in [2.24, 2.45) is 0 Å². The van der Waals surface area contributed by atoms with Crippen LogP contribution in [0, 0.1) is 12.4 Å². The molecule has 0 spiro atoms. The van der Waals surface area contributed by atoms with Gasteiger partial charge in [-0.3, -0.25) is 0 Å². The molecule has 0 fully saturated rings. The summed E-state index contributed by atoms with van der Waals surface area (Å²) in [6, 6.07) is 12.4. The predicted octanol–water partition coefficient (Wildman–Crippen LogP) is 5.05. The summed E-state index contributed by atoms with van der Waals surface area (Å²) in [5.74, 6) is -0.248. The molecule has 1 aliphatic heterocycles. The molecule has 0 aromatic heterocycles. The fraction of sp³-hybridized carbons (Fsp3) is 0.381. The normalized spacial score (nSPS) is 22.0. The number of rotatable bonds is 5. The lowest BCUT2D eigenvalue weighted by molar-refractivity contribution is -0.0480. The summed E-state index contributed by atoms with van der Waals surface area (Å²) in [4.78, 5) is 5.69. The van der Waals surface area contributed by atoms with E-state index in [4.69, 9.17) is 11.3 Å². The molecule has 25 heavy (non-hydrogen) atoms. The summed E-state index contributed by atoms with van der Waals surface area (Å²) in [6.45, 7) is 10.2. The van der Waals surface area contributed by atoms with Gasteiger partial charge in [0, 0.05) is 0 Å². The van der Waals surface area contributed by atoms with Gasteiger partial charge in [0.1, 0.15) is 11.4 Å². The molecule has 0 amide bonds.